The number of carboxylic acids is 1. The fourth-order valence-corrected chi connectivity index (χ4v) is 1.94. The van der Waals surface area contributed by atoms with Crippen molar-refractivity contribution in [3.05, 3.63) is 12.2 Å². The van der Waals surface area contributed by atoms with Crippen molar-refractivity contribution >= 4 is 5.97 Å². The van der Waals surface area contributed by atoms with Gasteiger partial charge in [-0.25, -0.2) is 4.79 Å². The summed E-state index contributed by atoms with van der Waals surface area (Å²) in [5.74, 6) is -0.964. The van der Waals surface area contributed by atoms with Crippen LogP contribution in [0.1, 0.15) is 52.9 Å². The van der Waals surface area contributed by atoms with Gasteiger partial charge in [-0.3, -0.25) is 4.90 Å². The topological polar surface area (TPSA) is 59.0 Å². The van der Waals surface area contributed by atoms with Crippen LogP contribution in [0.15, 0.2) is 12.2 Å². The van der Waals surface area contributed by atoms with Crippen LogP contribution in [0.2, 0.25) is 0 Å². The van der Waals surface area contributed by atoms with Crippen molar-refractivity contribution in [1.29, 1.82) is 0 Å². The van der Waals surface area contributed by atoms with Gasteiger partial charge in [-0.05, 0) is 19.3 Å². The lowest BCUT2D eigenvalue weighted by molar-refractivity contribution is -0.134. The van der Waals surface area contributed by atoms with Gasteiger partial charge in [0.2, 0.25) is 0 Å². The number of carboxylic acid groups (broad SMARTS) is 1. The van der Waals surface area contributed by atoms with E-state index in [1.54, 1.807) is 0 Å². The number of ether oxygens (including phenoxy) is 2. The summed E-state index contributed by atoms with van der Waals surface area (Å²) >= 11 is 0. The molecule has 0 bridgehead atoms. The Kier molecular flexibility index (Phi) is 12.2. The molecule has 0 aliphatic rings. The van der Waals surface area contributed by atoms with Crippen molar-refractivity contribution in [2.24, 2.45) is 0 Å². The first-order valence-corrected chi connectivity index (χ1v) is 7.89. The lowest BCUT2D eigenvalue weighted by Gasteiger charge is -2.30. The van der Waals surface area contributed by atoms with Crippen LogP contribution in [-0.4, -0.2) is 48.7 Å². The highest BCUT2D eigenvalue weighted by atomic mass is 16.5. The minimum Gasteiger partial charge on any atom is -0.478 e. The number of hydrogen-bond donors (Lipinski definition) is 1. The normalized spacial score (nSPS) is 12.6. The van der Waals surface area contributed by atoms with Gasteiger partial charge in [0, 0.05) is 24.8 Å². The van der Waals surface area contributed by atoms with Crippen LogP contribution in [0.3, 0.4) is 0 Å². The van der Waals surface area contributed by atoms with E-state index in [4.69, 9.17) is 14.6 Å². The van der Waals surface area contributed by atoms with Crippen molar-refractivity contribution in [3.63, 3.8) is 0 Å². The van der Waals surface area contributed by atoms with Crippen LogP contribution in [0.4, 0.5) is 0 Å². The third kappa shape index (κ3) is 8.86. The number of aliphatic carboxylic acids is 1. The molecule has 1 unspecified atom stereocenters. The molecule has 21 heavy (non-hydrogen) atoms. The van der Waals surface area contributed by atoms with E-state index in [1.807, 2.05) is 11.8 Å². The fraction of sp³-hybridized carbons (Fsp3) is 0.812. The summed E-state index contributed by atoms with van der Waals surface area (Å²) in [6.45, 7) is 11.9. The molecule has 0 saturated carbocycles. The smallest absolute Gasteiger partial charge is 0.332 e. The van der Waals surface area contributed by atoms with Crippen LogP contribution in [0, 0.1) is 0 Å². The zero-order chi connectivity index (χ0) is 16.1. The Morgan fingerprint density at radius 2 is 1.57 bits per heavy atom. The number of nitrogens with zero attached hydrogens (tertiary/aromatic N) is 1. The van der Waals surface area contributed by atoms with Gasteiger partial charge in [-0.1, -0.05) is 40.2 Å². The number of carbonyl (C=O) groups is 1. The van der Waals surface area contributed by atoms with Gasteiger partial charge in [0.25, 0.3) is 0 Å². The Bertz CT molecular complexity index is 282. The van der Waals surface area contributed by atoms with Gasteiger partial charge in [-0.2, -0.15) is 0 Å². The minimum atomic E-state index is -0.964. The SMILES string of the molecule is C=C(C(=O)O)C(CC)N(COCCCC)COCCCC. The predicted molar refractivity (Wildman–Crippen MR) is 84.1 cm³/mol. The second-order valence-electron chi connectivity index (χ2n) is 5.12. The van der Waals surface area contributed by atoms with Crippen LogP contribution in [-0.2, 0) is 14.3 Å². The molecule has 0 spiro atoms. The van der Waals surface area contributed by atoms with Gasteiger partial charge in [0.1, 0.15) is 13.5 Å². The fourth-order valence-electron chi connectivity index (χ4n) is 1.94. The van der Waals surface area contributed by atoms with Gasteiger partial charge in [0.15, 0.2) is 0 Å². The summed E-state index contributed by atoms with van der Waals surface area (Å²) in [6, 6.07) is -0.259. The van der Waals surface area contributed by atoms with Gasteiger partial charge >= 0.3 is 5.97 Å². The molecule has 0 amide bonds. The number of unbranched alkanes of at least 4 members (excludes halogenated alkanes) is 2. The molecule has 0 fully saturated rings. The van der Waals surface area contributed by atoms with Crippen molar-refractivity contribution in [3.8, 4) is 0 Å². The van der Waals surface area contributed by atoms with E-state index >= 15 is 0 Å². The van der Waals surface area contributed by atoms with E-state index in [9.17, 15) is 4.79 Å². The van der Waals surface area contributed by atoms with Crippen LogP contribution in [0.25, 0.3) is 0 Å². The average Bonchev–Trinajstić information content (AvgIpc) is 2.47. The molecule has 1 N–H and O–H groups in total. The molecule has 0 saturated heterocycles. The van der Waals surface area contributed by atoms with E-state index in [2.05, 4.69) is 20.4 Å². The number of rotatable bonds is 14. The molecule has 124 valence electrons. The summed E-state index contributed by atoms with van der Waals surface area (Å²) in [6.07, 6.45) is 4.82. The highest BCUT2D eigenvalue weighted by Gasteiger charge is 2.24. The van der Waals surface area contributed by atoms with Gasteiger partial charge in [-0.15, -0.1) is 0 Å². The molecule has 0 radical (unpaired) electrons. The molecule has 0 aromatic heterocycles. The standard InChI is InChI=1S/C16H31NO4/c1-5-8-10-20-12-17(13-21-11-9-6-2)15(7-3)14(4)16(18)19/h15H,4-13H2,1-3H3,(H,18,19). The first-order chi connectivity index (χ1) is 10.1. The molecule has 5 heteroatoms. The minimum absolute atomic E-state index is 0.190. The Labute approximate surface area is 128 Å². The van der Waals surface area contributed by atoms with Crippen molar-refractivity contribution in [2.75, 3.05) is 26.7 Å². The third-order valence-corrected chi connectivity index (χ3v) is 3.30. The van der Waals surface area contributed by atoms with Crippen LogP contribution in [0.5, 0.6) is 0 Å². The first kappa shape index (κ1) is 20.1. The average molecular weight is 301 g/mol. The third-order valence-electron chi connectivity index (χ3n) is 3.30. The summed E-state index contributed by atoms with van der Waals surface area (Å²) in [5, 5.41) is 9.14. The Morgan fingerprint density at radius 3 is 1.90 bits per heavy atom. The Morgan fingerprint density at radius 1 is 1.10 bits per heavy atom. The molecule has 0 aromatic carbocycles. The molecule has 0 rings (SSSR count). The highest BCUT2D eigenvalue weighted by molar-refractivity contribution is 5.87. The second-order valence-corrected chi connectivity index (χ2v) is 5.12. The Balaban J connectivity index is 4.50. The molecule has 0 aliphatic carbocycles. The molecule has 0 heterocycles. The zero-order valence-corrected chi connectivity index (χ0v) is 13.8. The Hall–Kier alpha value is -0.910. The molecular weight excluding hydrogens is 270 g/mol. The highest BCUT2D eigenvalue weighted by Crippen LogP contribution is 2.14. The van der Waals surface area contributed by atoms with E-state index in [0.29, 0.717) is 33.1 Å². The van der Waals surface area contributed by atoms with Crippen molar-refractivity contribution in [1.82, 2.24) is 4.90 Å². The van der Waals surface area contributed by atoms with E-state index in [-0.39, 0.29) is 11.6 Å². The zero-order valence-electron chi connectivity index (χ0n) is 13.8. The molecule has 5 nitrogen and oxygen atoms in total. The predicted octanol–water partition coefficient (Wildman–Crippen LogP) is 3.26. The molecule has 0 aliphatic heterocycles. The lowest BCUT2D eigenvalue weighted by Crippen LogP contribution is -2.41. The van der Waals surface area contributed by atoms with E-state index in [0.717, 1.165) is 25.7 Å². The van der Waals surface area contributed by atoms with Crippen LogP contribution >= 0.6 is 0 Å². The first-order valence-electron chi connectivity index (χ1n) is 7.89. The van der Waals surface area contributed by atoms with E-state index in [1.165, 1.54) is 0 Å². The summed E-state index contributed by atoms with van der Waals surface area (Å²) < 4.78 is 11.2. The van der Waals surface area contributed by atoms with E-state index < -0.39 is 5.97 Å². The summed E-state index contributed by atoms with van der Waals surface area (Å²) in [4.78, 5) is 13.1. The van der Waals surface area contributed by atoms with Crippen LogP contribution < -0.4 is 0 Å². The summed E-state index contributed by atoms with van der Waals surface area (Å²) in [5.41, 5.74) is 0.190. The largest absolute Gasteiger partial charge is 0.478 e. The summed E-state index contributed by atoms with van der Waals surface area (Å²) in [7, 11) is 0. The maximum absolute atomic E-state index is 11.1. The second kappa shape index (κ2) is 12.8. The molecule has 0 aromatic rings. The molecular formula is C16H31NO4. The quantitative estimate of drug-likeness (QED) is 0.303. The maximum atomic E-state index is 11.1. The van der Waals surface area contributed by atoms with Gasteiger partial charge < -0.3 is 14.6 Å². The maximum Gasteiger partial charge on any atom is 0.332 e. The monoisotopic (exact) mass is 301 g/mol. The number of hydrogen-bond acceptors (Lipinski definition) is 4. The van der Waals surface area contributed by atoms with Crippen molar-refractivity contribution in [2.45, 2.75) is 58.9 Å². The van der Waals surface area contributed by atoms with Crippen molar-refractivity contribution < 1.29 is 19.4 Å². The molecule has 1 atom stereocenters. The van der Waals surface area contributed by atoms with Gasteiger partial charge in [0.05, 0.1) is 0 Å². The lowest BCUT2D eigenvalue weighted by atomic mass is 10.1.